The molecule has 6 unspecified atom stereocenters. The minimum atomic E-state index is -2.10. The number of phenols is 2. The molecule has 6 atom stereocenters. The van der Waals surface area contributed by atoms with Crippen molar-refractivity contribution in [1.29, 1.82) is 0 Å². The van der Waals surface area contributed by atoms with E-state index in [-0.39, 0.29) is 85.7 Å². The molecule has 0 aromatic heterocycles. The normalized spacial score (nSPS) is 27.2. The molecule has 2 aromatic carbocycles. The maximum absolute atomic E-state index is 13.3. The number of ether oxygens (including phenoxy) is 4. The third kappa shape index (κ3) is 7.89. The number of likely N-dealkylation sites (N-methyl/N-ethyl adjacent to an activating group) is 2. The molecule has 2 heterocycles. The zero-order chi connectivity index (χ0) is 36.5. The Labute approximate surface area is 321 Å². The van der Waals surface area contributed by atoms with Crippen molar-refractivity contribution in [2.75, 3.05) is 67.7 Å². The fourth-order valence-electron chi connectivity index (χ4n) is 7.25. The summed E-state index contributed by atoms with van der Waals surface area (Å²) in [6.07, 6.45) is -2.31. The van der Waals surface area contributed by atoms with Crippen LogP contribution in [0.5, 0.6) is 17.2 Å². The molecule has 2 aromatic rings. The van der Waals surface area contributed by atoms with Crippen molar-refractivity contribution in [3.05, 3.63) is 56.9 Å². The van der Waals surface area contributed by atoms with Gasteiger partial charge >= 0.3 is 0 Å². The van der Waals surface area contributed by atoms with Crippen molar-refractivity contribution >= 4 is 17.5 Å². The number of ketones is 2. The van der Waals surface area contributed by atoms with Gasteiger partial charge in [-0.15, -0.1) is 6.54 Å². The number of rotatable bonds is 7. The zero-order valence-electron chi connectivity index (χ0n) is 29.5. The summed E-state index contributed by atoms with van der Waals surface area (Å²) in [6, 6.07) is 4.58. The number of nitrogens with zero attached hydrogens (tertiary/aromatic N) is 3. The number of aromatic hydroxyl groups is 2. The maximum atomic E-state index is 13.3. The Morgan fingerprint density at radius 1 is 1.08 bits per heavy atom. The summed E-state index contributed by atoms with van der Waals surface area (Å²) >= 11 is 0. The predicted molar refractivity (Wildman–Crippen MR) is 178 cm³/mol. The number of benzene rings is 2. The van der Waals surface area contributed by atoms with Gasteiger partial charge in [-0.3, -0.25) is 19.3 Å². The first-order valence-electron chi connectivity index (χ1n) is 16.6. The molecule has 4 aliphatic rings. The van der Waals surface area contributed by atoms with Crippen LogP contribution in [0.25, 0.3) is 5.32 Å². The number of amides is 1. The van der Waals surface area contributed by atoms with Gasteiger partial charge in [0.15, 0.2) is 12.1 Å². The SMILES string of the molecule is COC1CN(C2CCOC(C)C2O)CCO1.C[N-]CCN(C)C(=O)C1(O)Cc2c(O)c3c(c(O)c2C(O)C1)C(=O)c1c(OC)cccc1C3=O.[Y]. The van der Waals surface area contributed by atoms with Gasteiger partial charge in [-0.2, -0.15) is 7.05 Å². The van der Waals surface area contributed by atoms with Crippen LogP contribution in [0.1, 0.15) is 68.8 Å². The van der Waals surface area contributed by atoms with Crippen LogP contribution in [0.15, 0.2) is 18.2 Å². The Kier molecular flexibility index (Phi) is 13.8. The Bertz CT molecular complexity index is 1620. The van der Waals surface area contributed by atoms with E-state index in [0.717, 1.165) is 26.1 Å². The number of carbonyl (C=O) groups is 3. The summed E-state index contributed by atoms with van der Waals surface area (Å²) in [7, 11) is 6.05. The van der Waals surface area contributed by atoms with Crippen LogP contribution in [0.4, 0.5) is 0 Å². The third-order valence-electron chi connectivity index (χ3n) is 9.97. The molecule has 0 bridgehead atoms. The summed E-state index contributed by atoms with van der Waals surface area (Å²) in [5.74, 6) is -3.38. The molecular weight excluding hydrogens is 743 g/mol. The fraction of sp³-hybridized carbons (Fsp3) is 0.571. The van der Waals surface area contributed by atoms with Gasteiger partial charge in [-0.05, 0) is 19.4 Å². The van der Waals surface area contributed by atoms with Crippen molar-refractivity contribution in [3.8, 4) is 17.2 Å². The molecule has 16 heteroatoms. The number of methoxy groups -OCH3 is 2. The van der Waals surface area contributed by atoms with Crippen molar-refractivity contribution in [2.45, 2.75) is 62.4 Å². The molecule has 1 radical (unpaired) electrons. The number of hydrogen-bond donors (Lipinski definition) is 5. The van der Waals surface area contributed by atoms with Crippen molar-refractivity contribution in [2.24, 2.45) is 0 Å². The van der Waals surface area contributed by atoms with E-state index in [1.165, 1.54) is 37.3 Å². The van der Waals surface area contributed by atoms with Crippen LogP contribution < -0.4 is 4.74 Å². The summed E-state index contributed by atoms with van der Waals surface area (Å²) in [5.41, 5.74) is -3.42. The molecule has 1 amide bonds. The first kappa shape index (κ1) is 41.2. The summed E-state index contributed by atoms with van der Waals surface area (Å²) in [4.78, 5) is 43.1. The Balaban J connectivity index is 0.000000288. The quantitative estimate of drug-likeness (QED) is 0.211. The van der Waals surface area contributed by atoms with E-state index in [0.29, 0.717) is 13.2 Å². The Hall–Kier alpha value is -2.57. The largest absolute Gasteiger partial charge is 0.664 e. The van der Waals surface area contributed by atoms with E-state index in [1.54, 1.807) is 14.2 Å². The van der Waals surface area contributed by atoms with Crippen LogP contribution in [-0.4, -0.2) is 151 Å². The summed E-state index contributed by atoms with van der Waals surface area (Å²) in [6.45, 7) is 5.46. The van der Waals surface area contributed by atoms with E-state index in [9.17, 15) is 39.9 Å². The summed E-state index contributed by atoms with van der Waals surface area (Å²) < 4.78 is 21.3. The Morgan fingerprint density at radius 3 is 2.45 bits per heavy atom. The van der Waals surface area contributed by atoms with E-state index in [2.05, 4.69) is 10.2 Å². The standard InChI is InChI=1S/C24H25N2O8.C11H21NO4.Y/c1-25-7-8-26(2)23(32)24(33)9-12-15(13(27)10-24)21(30)18-17(20(12)29)19(28)11-5-4-6-14(34-3)16(11)22(18)31;1-8-11(13)9(3-5-15-8)12-4-6-16-10(7-12)14-2;/h4-6,13,27,29-30,33H,7-10H2,1-3H3;8-11,13H,3-7H2,1-2H3;/q-1;;. The van der Waals surface area contributed by atoms with Gasteiger partial charge in [0.05, 0.1) is 48.7 Å². The molecule has 51 heavy (non-hydrogen) atoms. The van der Waals surface area contributed by atoms with Crippen LogP contribution in [0.2, 0.25) is 0 Å². The second-order valence-corrected chi connectivity index (χ2v) is 13.0. The number of hydrogen-bond acceptors (Lipinski definition) is 13. The topological polar surface area (TPSA) is 210 Å². The zero-order valence-corrected chi connectivity index (χ0v) is 32.3. The number of aliphatic hydroxyl groups excluding tert-OH is 2. The molecule has 0 spiro atoms. The van der Waals surface area contributed by atoms with Crippen molar-refractivity contribution in [3.63, 3.8) is 0 Å². The fourth-order valence-corrected chi connectivity index (χ4v) is 7.25. The molecule has 6 rings (SSSR count). The van der Waals surface area contributed by atoms with Gasteiger partial charge in [0.2, 0.25) is 5.78 Å². The van der Waals surface area contributed by atoms with Crippen LogP contribution >= 0.6 is 0 Å². The predicted octanol–water partition coefficient (Wildman–Crippen LogP) is 0.881. The average molecular weight is 790 g/mol. The number of phenolic OH excluding ortho intramolecular Hbond substituents is 2. The number of aliphatic hydroxyl groups is 3. The number of carbonyl (C=O) groups excluding carboxylic acids is 3. The van der Waals surface area contributed by atoms with Crippen molar-refractivity contribution in [1.82, 2.24) is 9.80 Å². The van der Waals surface area contributed by atoms with Gasteiger partial charge in [-0.25, -0.2) is 0 Å². The van der Waals surface area contributed by atoms with E-state index in [1.807, 2.05) is 6.92 Å². The summed E-state index contributed by atoms with van der Waals surface area (Å²) in [5, 5.41) is 58.1. The van der Waals surface area contributed by atoms with E-state index >= 15 is 0 Å². The molecule has 2 aliphatic heterocycles. The monoisotopic (exact) mass is 789 g/mol. The average Bonchev–Trinajstić information content (AvgIpc) is 3.11. The third-order valence-corrected chi connectivity index (χ3v) is 9.97. The molecule has 2 aliphatic carbocycles. The first-order chi connectivity index (χ1) is 23.8. The molecule has 2 fully saturated rings. The van der Waals surface area contributed by atoms with Gasteiger partial charge in [0, 0.05) is 109 Å². The second-order valence-electron chi connectivity index (χ2n) is 13.0. The minimum Gasteiger partial charge on any atom is -0.664 e. The number of fused-ring (bicyclic) bond motifs is 3. The molecule has 5 N–H and O–H groups in total. The Morgan fingerprint density at radius 2 is 1.78 bits per heavy atom. The van der Waals surface area contributed by atoms with Gasteiger partial charge in [-0.1, -0.05) is 12.1 Å². The van der Waals surface area contributed by atoms with E-state index in [4.69, 9.17) is 18.9 Å². The van der Waals surface area contributed by atoms with Gasteiger partial charge in [0.1, 0.15) is 22.8 Å². The number of morpholine rings is 1. The van der Waals surface area contributed by atoms with E-state index < -0.39 is 70.8 Å². The van der Waals surface area contributed by atoms with Crippen LogP contribution in [0, 0.1) is 0 Å². The van der Waals surface area contributed by atoms with Gasteiger partial charge < -0.3 is 54.7 Å². The molecule has 0 saturated carbocycles. The minimum absolute atomic E-state index is 0. The second kappa shape index (κ2) is 17.1. The molecular formula is C35H46N3O12Y-. The maximum Gasteiger partial charge on any atom is 0.254 e. The molecule has 15 nitrogen and oxygen atoms in total. The molecule has 277 valence electrons. The van der Waals surface area contributed by atoms with Crippen LogP contribution in [0.3, 0.4) is 0 Å². The first-order valence-corrected chi connectivity index (χ1v) is 16.6. The smallest absolute Gasteiger partial charge is 0.254 e. The van der Waals surface area contributed by atoms with Crippen LogP contribution in [-0.2, 0) is 58.1 Å². The molecule has 2 saturated heterocycles. The van der Waals surface area contributed by atoms with Gasteiger partial charge in [0.25, 0.3) is 5.91 Å². The van der Waals surface area contributed by atoms with Crippen molar-refractivity contribution < 1.29 is 91.6 Å².